The first-order valence-electron chi connectivity index (χ1n) is 10.1. The van der Waals surface area contributed by atoms with Gasteiger partial charge in [0.15, 0.2) is 19.9 Å². The van der Waals surface area contributed by atoms with Crippen LogP contribution >= 0.6 is 23.1 Å². The fourth-order valence-electron chi connectivity index (χ4n) is 3.66. The first kappa shape index (κ1) is 20.7. The molecule has 2 aromatic heterocycles. The highest BCUT2D eigenvalue weighted by atomic mass is 32.2. The van der Waals surface area contributed by atoms with Crippen LogP contribution in [-0.2, 0) is 15.6 Å². The third-order valence-electron chi connectivity index (χ3n) is 5.38. The molecule has 1 amide bonds. The zero-order chi connectivity index (χ0) is 21.4. The van der Waals surface area contributed by atoms with Gasteiger partial charge in [-0.15, -0.1) is 10.2 Å². The summed E-state index contributed by atoms with van der Waals surface area (Å²) in [5.41, 5.74) is 2.45. The van der Waals surface area contributed by atoms with Gasteiger partial charge in [0, 0.05) is 17.4 Å². The molecule has 1 aliphatic carbocycles. The second kappa shape index (κ2) is 8.36. The molecule has 8 nitrogen and oxygen atoms in total. The Balaban J connectivity index is 1.27. The minimum absolute atomic E-state index is 0.0911. The Hall–Kier alpha value is -2.24. The highest BCUT2D eigenvalue weighted by Crippen LogP contribution is 2.42. The molecule has 162 valence electrons. The van der Waals surface area contributed by atoms with E-state index in [0.29, 0.717) is 23.2 Å². The molecule has 5 rings (SSSR count). The molecule has 2 aliphatic rings. The van der Waals surface area contributed by atoms with E-state index in [1.54, 1.807) is 22.5 Å². The SMILES string of the molecule is O=C(Nc1nnc(SCc2ccccc2)s1)c1cc(C2CC2)n(C2CCS(=O)(=O)C2)n1. The molecule has 1 aliphatic heterocycles. The van der Waals surface area contributed by atoms with Gasteiger partial charge in [-0.1, -0.05) is 53.4 Å². The Morgan fingerprint density at radius 2 is 2.00 bits per heavy atom. The first-order chi connectivity index (χ1) is 15.0. The van der Waals surface area contributed by atoms with Crippen LogP contribution in [0.5, 0.6) is 0 Å². The van der Waals surface area contributed by atoms with Crippen LogP contribution in [0.2, 0.25) is 0 Å². The van der Waals surface area contributed by atoms with Crippen molar-refractivity contribution in [2.24, 2.45) is 0 Å². The maximum atomic E-state index is 12.8. The molecule has 1 N–H and O–H groups in total. The summed E-state index contributed by atoms with van der Waals surface area (Å²) in [5, 5.41) is 15.9. The minimum atomic E-state index is -3.03. The maximum absolute atomic E-state index is 12.8. The van der Waals surface area contributed by atoms with Crippen molar-refractivity contribution in [1.29, 1.82) is 0 Å². The van der Waals surface area contributed by atoms with Crippen molar-refractivity contribution in [2.75, 3.05) is 16.8 Å². The molecule has 1 saturated heterocycles. The Morgan fingerprint density at radius 1 is 1.19 bits per heavy atom. The van der Waals surface area contributed by atoms with Crippen molar-refractivity contribution in [3.8, 4) is 0 Å². The third-order valence-corrected chi connectivity index (χ3v) is 9.17. The van der Waals surface area contributed by atoms with Gasteiger partial charge in [0.1, 0.15) is 0 Å². The zero-order valence-electron chi connectivity index (χ0n) is 16.6. The van der Waals surface area contributed by atoms with Crippen LogP contribution in [0.3, 0.4) is 0 Å². The number of anilines is 1. The predicted octanol–water partition coefficient (Wildman–Crippen LogP) is 3.52. The van der Waals surface area contributed by atoms with Gasteiger partial charge < -0.3 is 0 Å². The Morgan fingerprint density at radius 3 is 2.71 bits per heavy atom. The van der Waals surface area contributed by atoms with E-state index in [2.05, 4.69) is 32.7 Å². The van der Waals surface area contributed by atoms with Gasteiger partial charge in [-0.2, -0.15) is 5.10 Å². The van der Waals surface area contributed by atoms with E-state index in [9.17, 15) is 13.2 Å². The Labute approximate surface area is 188 Å². The molecule has 1 atom stereocenters. The number of sulfone groups is 1. The van der Waals surface area contributed by atoms with Crippen LogP contribution in [-0.4, -0.2) is 45.8 Å². The first-order valence-corrected chi connectivity index (χ1v) is 13.7. The standard InChI is InChI=1S/C20H21N5O3S3/c26-18(21-19-22-23-20(30-19)29-11-13-4-2-1-3-5-13)16-10-17(14-6-7-14)25(24-16)15-8-9-31(27,28)12-15/h1-5,10,14-15H,6-9,11-12H2,(H,21,22,26). The quantitative estimate of drug-likeness (QED) is 0.411. The zero-order valence-corrected chi connectivity index (χ0v) is 19.0. The van der Waals surface area contributed by atoms with Gasteiger partial charge >= 0.3 is 0 Å². The lowest BCUT2D eigenvalue weighted by atomic mass is 10.2. The highest BCUT2D eigenvalue weighted by molar-refractivity contribution is 8.00. The van der Waals surface area contributed by atoms with Gasteiger partial charge in [-0.25, -0.2) is 8.42 Å². The van der Waals surface area contributed by atoms with Gasteiger partial charge in [0.25, 0.3) is 5.91 Å². The van der Waals surface area contributed by atoms with Crippen LogP contribution in [0.15, 0.2) is 40.7 Å². The van der Waals surface area contributed by atoms with Gasteiger partial charge in [0.05, 0.1) is 17.5 Å². The third kappa shape index (κ3) is 4.83. The molecule has 1 unspecified atom stereocenters. The smallest absolute Gasteiger partial charge is 0.277 e. The lowest BCUT2D eigenvalue weighted by Gasteiger charge is -2.12. The van der Waals surface area contributed by atoms with Crippen molar-refractivity contribution < 1.29 is 13.2 Å². The average Bonchev–Trinajstić information content (AvgIpc) is 3.17. The number of nitrogens with zero attached hydrogens (tertiary/aromatic N) is 4. The second-order valence-electron chi connectivity index (χ2n) is 7.83. The van der Waals surface area contributed by atoms with E-state index >= 15 is 0 Å². The van der Waals surface area contributed by atoms with Gasteiger partial charge in [0.2, 0.25) is 5.13 Å². The van der Waals surface area contributed by atoms with Crippen LogP contribution < -0.4 is 5.32 Å². The van der Waals surface area contributed by atoms with E-state index in [1.165, 1.54) is 16.9 Å². The molecule has 3 aromatic rings. The van der Waals surface area contributed by atoms with Crippen molar-refractivity contribution >= 4 is 44.0 Å². The summed E-state index contributed by atoms with van der Waals surface area (Å²) in [4.78, 5) is 12.8. The monoisotopic (exact) mass is 475 g/mol. The van der Waals surface area contributed by atoms with Crippen LogP contribution in [0, 0.1) is 0 Å². The van der Waals surface area contributed by atoms with E-state index in [4.69, 9.17) is 0 Å². The fraction of sp³-hybridized carbons (Fsp3) is 0.400. The van der Waals surface area contributed by atoms with Crippen molar-refractivity contribution in [3.05, 3.63) is 53.3 Å². The number of benzene rings is 1. The van der Waals surface area contributed by atoms with E-state index in [1.807, 2.05) is 18.2 Å². The number of aromatic nitrogens is 4. The molecule has 1 saturated carbocycles. The topological polar surface area (TPSA) is 107 Å². The van der Waals surface area contributed by atoms with E-state index < -0.39 is 9.84 Å². The van der Waals surface area contributed by atoms with Gasteiger partial charge in [-0.05, 0) is 30.9 Å². The number of rotatable bonds is 7. The average molecular weight is 476 g/mol. The normalized spacial score (nSPS) is 20.1. The van der Waals surface area contributed by atoms with Crippen LogP contribution in [0.1, 0.15) is 53.0 Å². The molecule has 0 spiro atoms. The molecule has 3 heterocycles. The number of carbonyl (C=O) groups is 1. The number of hydrogen-bond acceptors (Lipinski definition) is 8. The van der Waals surface area contributed by atoms with Crippen molar-refractivity contribution in [2.45, 2.75) is 41.3 Å². The summed E-state index contributed by atoms with van der Waals surface area (Å²) in [5.74, 6) is 1.06. The number of hydrogen-bond donors (Lipinski definition) is 1. The largest absolute Gasteiger partial charge is 0.295 e. The molecular formula is C20H21N5O3S3. The van der Waals surface area contributed by atoms with Crippen LogP contribution in [0.4, 0.5) is 5.13 Å². The number of thioether (sulfide) groups is 1. The number of carbonyl (C=O) groups excluding carboxylic acids is 1. The second-order valence-corrected chi connectivity index (χ2v) is 12.3. The molecule has 1 aromatic carbocycles. The molecular weight excluding hydrogens is 454 g/mol. The van der Waals surface area contributed by atoms with Crippen molar-refractivity contribution in [3.63, 3.8) is 0 Å². The summed E-state index contributed by atoms with van der Waals surface area (Å²) in [6, 6.07) is 11.7. The summed E-state index contributed by atoms with van der Waals surface area (Å²) >= 11 is 2.89. The predicted molar refractivity (Wildman–Crippen MR) is 120 cm³/mol. The van der Waals surface area contributed by atoms with Crippen LogP contribution in [0.25, 0.3) is 0 Å². The molecule has 11 heteroatoms. The summed E-state index contributed by atoms with van der Waals surface area (Å²) in [7, 11) is -3.03. The van der Waals surface area contributed by atoms with E-state index in [-0.39, 0.29) is 23.5 Å². The summed E-state index contributed by atoms with van der Waals surface area (Å²) in [6.07, 6.45) is 2.64. The number of nitrogens with one attached hydrogen (secondary N) is 1. The molecule has 0 bridgehead atoms. The lowest BCUT2D eigenvalue weighted by molar-refractivity contribution is 0.102. The summed E-state index contributed by atoms with van der Waals surface area (Å²) < 4.78 is 26.4. The maximum Gasteiger partial charge on any atom is 0.277 e. The van der Waals surface area contributed by atoms with Gasteiger partial charge in [-0.3, -0.25) is 14.8 Å². The van der Waals surface area contributed by atoms with Crippen molar-refractivity contribution in [1.82, 2.24) is 20.0 Å². The molecule has 0 radical (unpaired) electrons. The molecule has 31 heavy (non-hydrogen) atoms. The lowest BCUT2D eigenvalue weighted by Crippen LogP contribution is -2.17. The Kier molecular flexibility index (Phi) is 5.57. The summed E-state index contributed by atoms with van der Waals surface area (Å²) in [6.45, 7) is 0. The molecule has 2 fully saturated rings. The fourth-order valence-corrected chi connectivity index (χ4v) is 7.06. The highest BCUT2D eigenvalue weighted by Gasteiger charge is 2.36. The Bertz CT molecular complexity index is 1200. The van der Waals surface area contributed by atoms with E-state index in [0.717, 1.165) is 28.6 Å². The minimum Gasteiger partial charge on any atom is -0.295 e. The number of amides is 1.